The standard InChI is InChI=1S/C32H34N2O2/c1-3-4-6-15-30(36)34-28-14-10-9-13-26(28)33-27-20-25(23-18-16-22(2)17-19-23)21-29(35)31(27)32(34)24-11-7-5-8-12-24/h5,7-14,16-19,25,32-33H,3-4,6,15,20-21H2,1-2H3/t25-,32-/m0/s1. The zero-order valence-corrected chi connectivity index (χ0v) is 21.2. The third-order valence-corrected chi connectivity index (χ3v) is 7.42. The fraction of sp³-hybridized carbons (Fsp3) is 0.312. The molecule has 0 bridgehead atoms. The lowest BCUT2D eigenvalue weighted by Crippen LogP contribution is -2.38. The lowest BCUT2D eigenvalue weighted by molar-refractivity contribution is -0.119. The molecule has 5 rings (SSSR count). The number of carbonyl (C=O) groups is 2. The number of ketones is 1. The zero-order chi connectivity index (χ0) is 25.1. The number of nitrogens with one attached hydrogen (secondary N) is 1. The highest BCUT2D eigenvalue weighted by atomic mass is 16.2. The van der Waals surface area contributed by atoms with E-state index in [2.05, 4.69) is 43.4 Å². The van der Waals surface area contributed by atoms with Gasteiger partial charge in [0.05, 0.1) is 17.4 Å². The quantitative estimate of drug-likeness (QED) is 0.374. The van der Waals surface area contributed by atoms with E-state index < -0.39 is 6.04 Å². The molecule has 1 amide bonds. The van der Waals surface area contributed by atoms with E-state index in [0.717, 1.165) is 53.9 Å². The van der Waals surface area contributed by atoms with Gasteiger partial charge in [0.1, 0.15) is 0 Å². The second kappa shape index (κ2) is 10.5. The number of carbonyl (C=O) groups excluding carboxylic acids is 2. The van der Waals surface area contributed by atoms with Gasteiger partial charge in [-0.2, -0.15) is 0 Å². The Hall–Kier alpha value is -3.66. The number of aryl methyl sites for hydroxylation is 1. The van der Waals surface area contributed by atoms with Crippen molar-refractivity contribution < 1.29 is 9.59 Å². The van der Waals surface area contributed by atoms with Gasteiger partial charge >= 0.3 is 0 Å². The number of fused-ring (bicyclic) bond motifs is 1. The highest BCUT2D eigenvalue weighted by molar-refractivity contribution is 6.06. The van der Waals surface area contributed by atoms with Crippen molar-refractivity contribution >= 4 is 23.1 Å². The number of unbranched alkanes of at least 4 members (excludes halogenated alkanes) is 2. The predicted molar refractivity (Wildman–Crippen MR) is 146 cm³/mol. The van der Waals surface area contributed by atoms with Crippen molar-refractivity contribution in [3.8, 4) is 0 Å². The number of anilines is 2. The van der Waals surface area contributed by atoms with Crippen LogP contribution in [0.25, 0.3) is 0 Å². The van der Waals surface area contributed by atoms with Gasteiger partial charge < -0.3 is 5.32 Å². The molecule has 4 nitrogen and oxygen atoms in total. The van der Waals surface area contributed by atoms with Crippen LogP contribution >= 0.6 is 0 Å². The van der Waals surface area contributed by atoms with Crippen LogP contribution in [0, 0.1) is 6.92 Å². The number of para-hydroxylation sites is 2. The van der Waals surface area contributed by atoms with Gasteiger partial charge in [-0.1, -0.05) is 92.1 Å². The molecule has 0 fully saturated rings. The van der Waals surface area contributed by atoms with Gasteiger partial charge in [0.15, 0.2) is 5.78 Å². The Bertz CT molecular complexity index is 1280. The molecule has 36 heavy (non-hydrogen) atoms. The van der Waals surface area contributed by atoms with Crippen LogP contribution in [0.15, 0.2) is 90.1 Å². The Kier molecular flexibility index (Phi) is 7.04. The van der Waals surface area contributed by atoms with Crippen LogP contribution < -0.4 is 10.2 Å². The van der Waals surface area contributed by atoms with Gasteiger partial charge in [-0.15, -0.1) is 0 Å². The van der Waals surface area contributed by atoms with E-state index in [9.17, 15) is 9.59 Å². The van der Waals surface area contributed by atoms with Gasteiger partial charge in [0, 0.05) is 24.1 Å². The minimum atomic E-state index is -0.446. The largest absolute Gasteiger partial charge is 0.357 e. The highest BCUT2D eigenvalue weighted by Gasteiger charge is 2.41. The monoisotopic (exact) mass is 478 g/mol. The average molecular weight is 479 g/mol. The van der Waals surface area contributed by atoms with E-state index in [1.165, 1.54) is 11.1 Å². The number of amides is 1. The summed E-state index contributed by atoms with van der Waals surface area (Å²) in [7, 11) is 0. The van der Waals surface area contributed by atoms with Crippen molar-refractivity contribution in [3.05, 3.63) is 107 Å². The Morgan fingerprint density at radius 2 is 1.61 bits per heavy atom. The molecule has 1 N–H and O–H groups in total. The van der Waals surface area contributed by atoms with Crippen molar-refractivity contribution in [1.29, 1.82) is 0 Å². The fourth-order valence-corrected chi connectivity index (χ4v) is 5.54. The molecule has 3 aromatic rings. The highest BCUT2D eigenvalue weighted by Crippen LogP contribution is 2.47. The van der Waals surface area contributed by atoms with E-state index in [1.54, 1.807) is 0 Å². The maximum absolute atomic E-state index is 14.0. The molecule has 2 aliphatic rings. The Balaban J connectivity index is 1.64. The van der Waals surface area contributed by atoms with Crippen molar-refractivity contribution in [2.24, 2.45) is 0 Å². The summed E-state index contributed by atoms with van der Waals surface area (Å²) in [4.78, 5) is 29.7. The van der Waals surface area contributed by atoms with Crippen molar-refractivity contribution in [2.75, 3.05) is 10.2 Å². The lowest BCUT2D eigenvalue weighted by Gasteiger charge is -2.35. The first kappa shape index (κ1) is 24.1. The molecule has 1 aliphatic carbocycles. The molecular weight excluding hydrogens is 444 g/mol. The summed E-state index contributed by atoms with van der Waals surface area (Å²) in [6.45, 7) is 4.22. The Morgan fingerprint density at radius 1 is 0.889 bits per heavy atom. The summed E-state index contributed by atoms with van der Waals surface area (Å²) in [6.07, 6.45) is 4.57. The SMILES string of the molecule is CCCCCC(=O)N1c2ccccc2NC2=C(C(=O)C[C@@H](c3ccc(C)cc3)C2)[C@@H]1c1ccccc1. The Labute approximate surface area is 214 Å². The first-order valence-corrected chi connectivity index (χ1v) is 13.1. The number of rotatable bonds is 6. The zero-order valence-electron chi connectivity index (χ0n) is 21.2. The second-order valence-corrected chi connectivity index (χ2v) is 10.0. The fourth-order valence-electron chi connectivity index (χ4n) is 5.54. The third-order valence-electron chi connectivity index (χ3n) is 7.42. The molecule has 0 saturated heterocycles. The summed E-state index contributed by atoms with van der Waals surface area (Å²) in [5.41, 5.74) is 6.74. The predicted octanol–water partition coefficient (Wildman–Crippen LogP) is 7.48. The van der Waals surface area contributed by atoms with Crippen LogP contribution in [0.4, 0.5) is 11.4 Å². The van der Waals surface area contributed by atoms with Gasteiger partial charge in [-0.3, -0.25) is 14.5 Å². The third kappa shape index (κ3) is 4.73. The minimum Gasteiger partial charge on any atom is -0.357 e. The molecule has 1 heterocycles. The molecule has 0 unspecified atom stereocenters. The summed E-state index contributed by atoms with van der Waals surface area (Å²) in [5, 5.41) is 3.62. The minimum absolute atomic E-state index is 0.0637. The average Bonchev–Trinajstić information content (AvgIpc) is 3.04. The molecule has 184 valence electrons. The van der Waals surface area contributed by atoms with Crippen molar-refractivity contribution in [3.63, 3.8) is 0 Å². The van der Waals surface area contributed by atoms with E-state index in [4.69, 9.17) is 0 Å². The van der Waals surface area contributed by atoms with Gasteiger partial charge in [-0.25, -0.2) is 0 Å². The van der Waals surface area contributed by atoms with E-state index in [0.29, 0.717) is 12.8 Å². The first-order chi connectivity index (χ1) is 17.6. The van der Waals surface area contributed by atoms with Gasteiger partial charge in [0.2, 0.25) is 5.91 Å². The van der Waals surface area contributed by atoms with Crippen LogP contribution in [-0.2, 0) is 9.59 Å². The molecule has 2 atom stereocenters. The first-order valence-electron chi connectivity index (χ1n) is 13.1. The van der Waals surface area contributed by atoms with Crippen LogP contribution in [-0.4, -0.2) is 11.7 Å². The lowest BCUT2D eigenvalue weighted by atomic mass is 9.78. The molecular formula is C32H34N2O2. The molecule has 4 heteroatoms. The molecule has 3 aromatic carbocycles. The van der Waals surface area contributed by atoms with Crippen LogP contribution in [0.3, 0.4) is 0 Å². The molecule has 0 radical (unpaired) electrons. The number of allylic oxidation sites excluding steroid dienone is 1. The smallest absolute Gasteiger partial charge is 0.227 e. The molecule has 0 spiro atoms. The number of hydrogen-bond acceptors (Lipinski definition) is 3. The number of benzene rings is 3. The normalized spacial score (nSPS) is 19.3. The Morgan fingerprint density at radius 3 is 2.36 bits per heavy atom. The number of hydrogen-bond donors (Lipinski definition) is 1. The van der Waals surface area contributed by atoms with E-state index >= 15 is 0 Å². The summed E-state index contributed by atoms with van der Waals surface area (Å²) < 4.78 is 0. The molecule has 0 saturated carbocycles. The number of Topliss-reactive ketones (excluding diaryl/α,β-unsaturated/α-hetero) is 1. The van der Waals surface area contributed by atoms with Crippen molar-refractivity contribution in [1.82, 2.24) is 0 Å². The van der Waals surface area contributed by atoms with E-state index in [1.807, 2.05) is 59.5 Å². The molecule has 1 aliphatic heterocycles. The van der Waals surface area contributed by atoms with E-state index in [-0.39, 0.29) is 17.6 Å². The topological polar surface area (TPSA) is 49.4 Å². The second-order valence-electron chi connectivity index (χ2n) is 10.0. The summed E-state index contributed by atoms with van der Waals surface area (Å²) in [5.74, 6) is 0.288. The maximum Gasteiger partial charge on any atom is 0.227 e. The van der Waals surface area contributed by atoms with Gasteiger partial charge in [0.25, 0.3) is 0 Å². The van der Waals surface area contributed by atoms with Crippen molar-refractivity contribution in [2.45, 2.75) is 64.3 Å². The number of nitrogens with zero attached hydrogens (tertiary/aromatic N) is 1. The summed E-state index contributed by atoms with van der Waals surface area (Å²) >= 11 is 0. The van der Waals surface area contributed by atoms with Crippen LogP contribution in [0.1, 0.15) is 74.1 Å². The molecule has 0 aromatic heterocycles. The van der Waals surface area contributed by atoms with Crippen LogP contribution in [0.2, 0.25) is 0 Å². The van der Waals surface area contributed by atoms with Gasteiger partial charge in [-0.05, 0) is 48.9 Å². The maximum atomic E-state index is 14.0. The van der Waals surface area contributed by atoms with Crippen LogP contribution in [0.5, 0.6) is 0 Å². The summed E-state index contributed by atoms with van der Waals surface area (Å²) in [6, 6.07) is 26.1.